The normalized spacial score (nSPS) is 10.2. The summed E-state index contributed by atoms with van der Waals surface area (Å²) in [5.41, 5.74) is 4.78. The van der Waals surface area contributed by atoms with Gasteiger partial charge in [0.05, 0.1) is 11.1 Å². The Kier molecular flexibility index (Phi) is 7.95. The first-order valence-electron chi connectivity index (χ1n) is 8.32. The summed E-state index contributed by atoms with van der Waals surface area (Å²) in [6, 6.07) is 8.85. The number of hydrazone groups is 1. The number of nitrogens with zero attached hydrogens (tertiary/aromatic N) is 2. The zero-order valence-electron chi connectivity index (χ0n) is 15.3. The molecule has 0 heterocycles. The van der Waals surface area contributed by atoms with Gasteiger partial charge in [-0.15, -0.1) is 0 Å². The van der Waals surface area contributed by atoms with Crippen molar-refractivity contribution in [1.29, 1.82) is 0 Å². The zero-order valence-corrected chi connectivity index (χ0v) is 15.3. The van der Waals surface area contributed by atoms with E-state index in [4.69, 9.17) is 0 Å². The Morgan fingerprint density at radius 2 is 1.88 bits per heavy atom. The molecule has 0 unspecified atom stereocenters. The first kappa shape index (κ1) is 20.8. The van der Waals surface area contributed by atoms with Gasteiger partial charge in [-0.25, -0.2) is 5.43 Å². The van der Waals surface area contributed by atoms with E-state index in [1.807, 2.05) is 33.8 Å². The summed E-state index contributed by atoms with van der Waals surface area (Å²) in [6.45, 7) is 7.84. The van der Waals surface area contributed by atoms with Gasteiger partial charge in [-0.05, 0) is 42.7 Å². The number of nitrogens with one attached hydrogen (secondary N) is 1. The van der Waals surface area contributed by atoms with Crippen molar-refractivity contribution in [1.82, 2.24) is 5.43 Å². The molecule has 0 saturated carbocycles. The van der Waals surface area contributed by atoms with Gasteiger partial charge in [0.25, 0.3) is 11.6 Å². The molecule has 0 radical (unpaired) electrons. The van der Waals surface area contributed by atoms with Gasteiger partial charge >= 0.3 is 0 Å². The second-order valence-electron chi connectivity index (χ2n) is 5.22. The van der Waals surface area contributed by atoms with E-state index in [-0.39, 0.29) is 17.0 Å². The molecule has 1 amide bonds. The van der Waals surface area contributed by atoms with Crippen molar-refractivity contribution in [3.8, 4) is 5.75 Å². The van der Waals surface area contributed by atoms with E-state index in [0.29, 0.717) is 12.0 Å². The van der Waals surface area contributed by atoms with Crippen LogP contribution in [0, 0.1) is 17.0 Å². The van der Waals surface area contributed by atoms with Crippen LogP contribution in [0.1, 0.15) is 47.8 Å². The van der Waals surface area contributed by atoms with Gasteiger partial charge in [-0.3, -0.25) is 14.9 Å². The molecule has 138 valence electrons. The number of carbonyl (C=O) groups is 1. The lowest BCUT2D eigenvalue weighted by atomic mass is 10.0. The quantitative estimate of drug-likeness (QED) is 0.480. The molecule has 2 aromatic carbocycles. The minimum Gasteiger partial charge on any atom is -0.507 e. The number of phenolic OH excluding ortho intramolecular Hbond substituents is 1. The fraction of sp³-hybridized carbons (Fsp3) is 0.263. The Morgan fingerprint density at radius 3 is 2.42 bits per heavy atom. The summed E-state index contributed by atoms with van der Waals surface area (Å²) in [5, 5.41) is 24.5. The lowest BCUT2D eigenvalue weighted by Crippen LogP contribution is -2.17. The van der Waals surface area contributed by atoms with Gasteiger partial charge in [-0.2, -0.15) is 5.10 Å². The van der Waals surface area contributed by atoms with Crippen molar-refractivity contribution in [2.75, 3.05) is 0 Å². The molecule has 0 saturated heterocycles. The number of aromatic hydroxyl groups is 1. The maximum absolute atomic E-state index is 11.9. The summed E-state index contributed by atoms with van der Waals surface area (Å²) in [7, 11) is 0. The van der Waals surface area contributed by atoms with Crippen molar-refractivity contribution in [2.45, 2.75) is 34.1 Å². The molecule has 0 aliphatic carbocycles. The van der Waals surface area contributed by atoms with Crippen molar-refractivity contribution >= 4 is 17.8 Å². The second kappa shape index (κ2) is 9.93. The van der Waals surface area contributed by atoms with Crippen molar-refractivity contribution < 1.29 is 14.8 Å². The van der Waals surface area contributed by atoms with Crippen LogP contribution in [0.2, 0.25) is 0 Å². The topological polar surface area (TPSA) is 105 Å². The zero-order chi connectivity index (χ0) is 19.7. The molecule has 0 aliphatic rings. The van der Waals surface area contributed by atoms with E-state index in [0.717, 1.165) is 11.1 Å². The summed E-state index contributed by atoms with van der Waals surface area (Å²) >= 11 is 0. The van der Waals surface area contributed by atoms with Gasteiger partial charge in [-0.1, -0.05) is 26.8 Å². The highest BCUT2D eigenvalue weighted by Gasteiger charge is 2.09. The Hall–Kier alpha value is -3.22. The molecule has 2 N–H and O–H groups in total. The smallest absolute Gasteiger partial charge is 0.271 e. The minimum atomic E-state index is -0.536. The van der Waals surface area contributed by atoms with Gasteiger partial charge < -0.3 is 5.11 Å². The highest BCUT2D eigenvalue weighted by Crippen LogP contribution is 2.23. The molecule has 7 nitrogen and oxygen atoms in total. The Balaban J connectivity index is 0.00000163. The third-order valence-electron chi connectivity index (χ3n) is 3.45. The highest BCUT2D eigenvalue weighted by atomic mass is 16.6. The van der Waals surface area contributed by atoms with E-state index in [1.54, 1.807) is 6.07 Å². The lowest BCUT2D eigenvalue weighted by molar-refractivity contribution is -0.384. The molecule has 0 bridgehead atoms. The number of hydrogen-bond donors (Lipinski definition) is 2. The van der Waals surface area contributed by atoms with Crippen LogP contribution in [0.25, 0.3) is 0 Å². The molecule has 2 rings (SSSR count). The fourth-order valence-corrected chi connectivity index (χ4v) is 2.21. The van der Waals surface area contributed by atoms with Crippen molar-refractivity contribution in [2.24, 2.45) is 5.10 Å². The van der Waals surface area contributed by atoms with Crippen molar-refractivity contribution in [3.05, 3.63) is 68.8 Å². The summed E-state index contributed by atoms with van der Waals surface area (Å²) < 4.78 is 0. The van der Waals surface area contributed by atoms with Gasteiger partial charge in [0.15, 0.2) is 0 Å². The van der Waals surface area contributed by atoms with E-state index in [9.17, 15) is 20.0 Å². The SMILES string of the molecule is CC.CCc1cc(C)cc(/C=N/NC(=O)c2ccc([N+](=O)[O-])cc2)c1O. The summed E-state index contributed by atoms with van der Waals surface area (Å²) in [5.74, 6) is -0.361. The van der Waals surface area contributed by atoms with Crippen LogP contribution in [0.15, 0.2) is 41.5 Å². The number of carbonyl (C=O) groups excluding carboxylic acids is 1. The predicted octanol–water partition coefficient (Wildman–Crippen LogP) is 3.96. The third kappa shape index (κ3) is 5.41. The standard InChI is InChI=1S/C17H17N3O4.C2H6/c1-3-12-8-11(2)9-14(16(12)21)10-18-19-17(22)13-4-6-15(7-5-13)20(23)24;1-2/h4-10,21H,3H2,1-2H3,(H,19,22);1-2H3/b18-10+;. The number of hydrogen-bond acceptors (Lipinski definition) is 5. The number of rotatable bonds is 5. The Morgan fingerprint density at radius 1 is 1.27 bits per heavy atom. The van der Waals surface area contributed by atoms with Crippen LogP contribution in [0.3, 0.4) is 0 Å². The molecule has 2 aromatic rings. The van der Waals surface area contributed by atoms with Gasteiger partial charge in [0.2, 0.25) is 0 Å². The Labute approximate surface area is 152 Å². The number of amides is 1. The molecule has 0 spiro atoms. The van der Waals surface area contributed by atoms with E-state index in [2.05, 4.69) is 10.5 Å². The maximum atomic E-state index is 11.9. The molecule has 0 aromatic heterocycles. The molecule has 26 heavy (non-hydrogen) atoms. The van der Waals surface area contributed by atoms with Gasteiger partial charge in [0, 0.05) is 23.3 Å². The molecule has 7 heteroatoms. The molecule has 0 aliphatic heterocycles. The number of nitro groups is 1. The molecule has 0 fully saturated rings. The molecule has 0 atom stereocenters. The minimum absolute atomic E-state index is 0.0909. The van der Waals surface area contributed by atoms with Crippen molar-refractivity contribution in [3.63, 3.8) is 0 Å². The van der Waals surface area contributed by atoms with E-state index < -0.39 is 10.8 Å². The number of aryl methyl sites for hydroxylation is 2. The Bertz CT molecular complexity index is 799. The number of phenols is 1. The van der Waals surface area contributed by atoms with Crippen LogP contribution in [-0.4, -0.2) is 22.2 Å². The van der Waals surface area contributed by atoms with Crippen LogP contribution < -0.4 is 5.43 Å². The average Bonchev–Trinajstić information content (AvgIpc) is 2.65. The predicted molar refractivity (Wildman–Crippen MR) is 102 cm³/mol. The molecular weight excluding hydrogens is 334 g/mol. The summed E-state index contributed by atoms with van der Waals surface area (Å²) in [6.07, 6.45) is 2.05. The third-order valence-corrected chi connectivity index (χ3v) is 3.45. The highest BCUT2D eigenvalue weighted by molar-refractivity contribution is 5.95. The second-order valence-corrected chi connectivity index (χ2v) is 5.22. The van der Waals surface area contributed by atoms with Crippen LogP contribution in [0.4, 0.5) is 5.69 Å². The number of non-ortho nitro benzene ring substituents is 1. The van der Waals surface area contributed by atoms with Crippen LogP contribution >= 0.6 is 0 Å². The first-order chi connectivity index (χ1) is 12.4. The van der Waals surface area contributed by atoms with Crippen LogP contribution in [0.5, 0.6) is 5.75 Å². The van der Waals surface area contributed by atoms with E-state index >= 15 is 0 Å². The first-order valence-corrected chi connectivity index (χ1v) is 8.32. The van der Waals surface area contributed by atoms with Crippen LogP contribution in [-0.2, 0) is 6.42 Å². The number of nitro benzene ring substituents is 1. The maximum Gasteiger partial charge on any atom is 0.271 e. The summed E-state index contributed by atoms with van der Waals surface area (Å²) in [4.78, 5) is 22.0. The average molecular weight is 357 g/mol. The fourth-order valence-electron chi connectivity index (χ4n) is 2.21. The van der Waals surface area contributed by atoms with Gasteiger partial charge in [0.1, 0.15) is 5.75 Å². The monoisotopic (exact) mass is 357 g/mol. The largest absolute Gasteiger partial charge is 0.507 e. The van der Waals surface area contributed by atoms with E-state index in [1.165, 1.54) is 30.5 Å². The lowest BCUT2D eigenvalue weighted by Gasteiger charge is -2.07. The number of benzene rings is 2. The molecular formula is C19H23N3O4.